The lowest BCUT2D eigenvalue weighted by Crippen LogP contribution is -2.34. The number of non-ortho nitro benzene ring substituents is 1. The van der Waals surface area contributed by atoms with E-state index in [9.17, 15) is 19.7 Å². The number of amides is 2. The highest BCUT2D eigenvalue weighted by Gasteiger charge is 2.17. The summed E-state index contributed by atoms with van der Waals surface area (Å²) in [5, 5.41) is 18.0. The van der Waals surface area contributed by atoms with Crippen LogP contribution in [-0.2, 0) is 4.79 Å². The van der Waals surface area contributed by atoms with E-state index in [-0.39, 0.29) is 12.2 Å². The van der Waals surface area contributed by atoms with Crippen LogP contribution in [-0.4, -0.2) is 29.5 Å². The Morgan fingerprint density at radius 3 is 2.57 bits per heavy atom. The number of nitrogens with one attached hydrogen (secondary N) is 2. The first-order chi connectivity index (χ1) is 13.5. The number of halogens is 1. The summed E-state index contributed by atoms with van der Waals surface area (Å²) in [6.07, 6.45) is 1.34. The molecule has 28 heavy (non-hydrogen) atoms. The molecule has 0 radical (unpaired) electrons. The van der Waals surface area contributed by atoms with E-state index in [4.69, 9.17) is 11.6 Å². The van der Waals surface area contributed by atoms with Gasteiger partial charge in [-0.2, -0.15) is 5.10 Å². The number of carbonyl (C=O) groups is 2. The Morgan fingerprint density at radius 2 is 1.89 bits per heavy atom. The number of rotatable bonds is 6. The van der Waals surface area contributed by atoms with Crippen LogP contribution in [0.25, 0.3) is 10.1 Å². The van der Waals surface area contributed by atoms with E-state index in [1.165, 1.54) is 41.8 Å². The number of nitro benzene ring substituents is 1. The lowest BCUT2D eigenvalue weighted by Gasteiger charge is -2.03. The van der Waals surface area contributed by atoms with Gasteiger partial charge in [0.15, 0.2) is 0 Å². The van der Waals surface area contributed by atoms with Crippen molar-refractivity contribution in [3.63, 3.8) is 0 Å². The minimum absolute atomic E-state index is 0.0382. The molecule has 3 rings (SSSR count). The van der Waals surface area contributed by atoms with Gasteiger partial charge in [-0.1, -0.05) is 29.8 Å². The lowest BCUT2D eigenvalue weighted by atomic mass is 10.2. The van der Waals surface area contributed by atoms with Gasteiger partial charge in [0.2, 0.25) is 0 Å². The lowest BCUT2D eigenvalue weighted by molar-refractivity contribution is -0.384. The summed E-state index contributed by atoms with van der Waals surface area (Å²) in [5.41, 5.74) is 2.81. The highest BCUT2D eigenvalue weighted by Crippen LogP contribution is 2.34. The van der Waals surface area contributed by atoms with Gasteiger partial charge < -0.3 is 5.32 Å². The molecule has 2 N–H and O–H groups in total. The molecule has 0 saturated carbocycles. The van der Waals surface area contributed by atoms with Crippen LogP contribution in [0.5, 0.6) is 0 Å². The number of carbonyl (C=O) groups excluding carboxylic acids is 2. The Hall–Kier alpha value is -3.30. The summed E-state index contributed by atoms with van der Waals surface area (Å²) in [6.45, 7) is -0.277. The third-order valence-corrected chi connectivity index (χ3v) is 5.33. The molecule has 0 aliphatic carbocycles. The fraction of sp³-hybridized carbons (Fsp3) is 0.0556. The number of nitro groups is 1. The van der Waals surface area contributed by atoms with E-state index in [0.717, 1.165) is 10.1 Å². The average molecular weight is 417 g/mol. The summed E-state index contributed by atoms with van der Waals surface area (Å²) < 4.78 is 0.884. The predicted octanol–water partition coefficient (Wildman–Crippen LogP) is 3.34. The van der Waals surface area contributed by atoms with E-state index < -0.39 is 16.7 Å². The molecule has 0 atom stereocenters. The molecule has 0 spiro atoms. The molecule has 1 heterocycles. The minimum Gasteiger partial charge on any atom is -0.342 e. The van der Waals surface area contributed by atoms with Gasteiger partial charge in [-0.05, 0) is 23.8 Å². The van der Waals surface area contributed by atoms with Crippen molar-refractivity contribution in [2.75, 3.05) is 6.54 Å². The standard InChI is InChI=1S/C18H13ClN4O4S/c19-16-13-3-1-2-4-14(13)28-17(16)18(25)20-10-15(24)22-21-9-11-5-7-12(8-6-11)23(26)27/h1-9H,10H2,(H,20,25)(H,22,24)/b21-9+. The predicted molar refractivity (Wildman–Crippen MR) is 108 cm³/mol. The number of fused-ring (bicyclic) bond motifs is 1. The number of hydrogen-bond donors (Lipinski definition) is 2. The van der Waals surface area contributed by atoms with Crippen molar-refractivity contribution >= 4 is 56.7 Å². The van der Waals surface area contributed by atoms with Crippen molar-refractivity contribution in [1.29, 1.82) is 0 Å². The molecule has 0 bridgehead atoms. The third-order valence-electron chi connectivity index (χ3n) is 3.66. The van der Waals surface area contributed by atoms with E-state index >= 15 is 0 Å². The molecule has 8 nitrogen and oxygen atoms in total. The summed E-state index contributed by atoms with van der Waals surface area (Å²) in [6, 6.07) is 13.0. The summed E-state index contributed by atoms with van der Waals surface area (Å²) in [4.78, 5) is 34.5. The van der Waals surface area contributed by atoms with Crippen LogP contribution in [0.15, 0.2) is 53.6 Å². The van der Waals surface area contributed by atoms with Crippen LogP contribution < -0.4 is 10.7 Å². The highest BCUT2D eigenvalue weighted by molar-refractivity contribution is 7.21. The molecule has 0 aliphatic heterocycles. The van der Waals surface area contributed by atoms with E-state index in [1.807, 2.05) is 24.3 Å². The van der Waals surface area contributed by atoms with Gasteiger partial charge in [-0.3, -0.25) is 19.7 Å². The monoisotopic (exact) mass is 416 g/mol. The van der Waals surface area contributed by atoms with E-state index in [2.05, 4.69) is 15.8 Å². The van der Waals surface area contributed by atoms with Crippen LogP contribution in [0.4, 0.5) is 5.69 Å². The Morgan fingerprint density at radius 1 is 1.18 bits per heavy atom. The van der Waals surface area contributed by atoms with Crippen LogP contribution in [0.1, 0.15) is 15.2 Å². The summed E-state index contributed by atoms with van der Waals surface area (Å²) in [5.74, 6) is -0.968. The second-order valence-electron chi connectivity index (χ2n) is 5.57. The maximum atomic E-state index is 12.3. The maximum absolute atomic E-state index is 12.3. The molecule has 3 aromatic rings. The van der Waals surface area contributed by atoms with Crippen molar-refractivity contribution in [2.24, 2.45) is 5.10 Å². The first-order valence-electron chi connectivity index (χ1n) is 7.97. The van der Waals surface area contributed by atoms with Gasteiger partial charge in [-0.15, -0.1) is 11.3 Å². The van der Waals surface area contributed by atoms with Crippen molar-refractivity contribution in [3.05, 3.63) is 74.1 Å². The zero-order valence-corrected chi connectivity index (χ0v) is 15.8. The van der Waals surface area contributed by atoms with Gasteiger partial charge in [-0.25, -0.2) is 5.43 Å². The van der Waals surface area contributed by atoms with Crippen molar-refractivity contribution in [1.82, 2.24) is 10.7 Å². The van der Waals surface area contributed by atoms with Crippen LogP contribution in [0, 0.1) is 10.1 Å². The fourth-order valence-corrected chi connectivity index (χ4v) is 3.73. The topological polar surface area (TPSA) is 114 Å². The van der Waals surface area contributed by atoms with Gasteiger partial charge >= 0.3 is 0 Å². The molecular formula is C18H13ClN4O4S. The largest absolute Gasteiger partial charge is 0.342 e. The molecular weight excluding hydrogens is 404 g/mol. The second-order valence-corrected chi connectivity index (χ2v) is 7.00. The van der Waals surface area contributed by atoms with Crippen LogP contribution >= 0.6 is 22.9 Å². The molecule has 1 aromatic heterocycles. The molecule has 10 heteroatoms. The smallest absolute Gasteiger partial charge is 0.269 e. The third kappa shape index (κ3) is 4.51. The maximum Gasteiger partial charge on any atom is 0.269 e. The van der Waals surface area contributed by atoms with Crippen LogP contribution in [0.3, 0.4) is 0 Å². The molecule has 0 saturated heterocycles. The Balaban J connectivity index is 1.52. The van der Waals surface area contributed by atoms with E-state index in [1.54, 1.807) is 0 Å². The number of nitrogens with zero attached hydrogens (tertiary/aromatic N) is 2. The van der Waals surface area contributed by atoms with Gasteiger partial charge in [0.25, 0.3) is 17.5 Å². The first kappa shape index (κ1) is 19.5. The molecule has 142 valence electrons. The molecule has 0 fully saturated rings. The summed E-state index contributed by atoms with van der Waals surface area (Å²) in [7, 11) is 0. The number of benzene rings is 2. The number of hydrazone groups is 1. The molecule has 0 aliphatic rings. The number of thiophene rings is 1. The van der Waals surface area contributed by atoms with Gasteiger partial charge in [0, 0.05) is 22.2 Å². The Labute approximate surface area is 168 Å². The Kier molecular flexibility index (Phi) is 5.97. The SMILES string of the molecule is O=C(CNC(=O)c1sc2ccccc2c1Cl)N/N=C/c1ccc([N+](=O)[O-])cc1. The Bertz CT molecular complexity index is 1080. The summed E-state index contributed by atoms with van der Waals surface area (Å²) >= 11 is 7.48. The second kappa shape index (κ2) is 8.59. The fourth-order valence-electron chi connectivity index (χ4n) is 2.30. The van der Waals surface area contributed by atoms with Crippen molar-refractivity contribution in [3.8, 4) is 0 Å². The molecule has 2 aromatic carbocycles. The van der Waals surface area contributed by atoms with E-state index in [0.29, 0.717) is 15.5 Å². The molecule has 2 amide bonds. The quantitative estimate of drug-likeness (QED) is 0.364. The van der Waals surface area contributed by atoms with Crippen molar-refractivity contribution < 1.29 is 14.5 Å². The normalized spacial score (nSPS) is 10.9. The number of hydrogen-bond acceptors (Lipinski definition) is 6. The van der Waals surface area contributed by atoms with Gasteiger partial charge in [0.05, 0.1) is 22.7 Å². The minimum atomic E-state index is -0.524. The molecule has 0 unspecified atom stereocenters. The zero-order chi connectivity index (χ0) is 20.1. The average Bonchev–Trinajstić information content (AvgIpc) is 3.03. The zero-order valence-electron chi connectivity index (χ0n) is 14.2. The highest BCUT2D eigenvalue weighted by atomic mass is 35.5. The van der Waals surface area contributed by atoms with Crippen LogP contribution in [0.2, 0.25) is 5.02 Å². The van der Waals surface area contributed by atoms with Crippen molar-refractivity contribution in [2.45, 2.75) is 0 Å². The van der Waals surface area contributed by atoms with Gasteiger partial charge in [0.1, 0.15) is 4.88 Å². The first-order valence-corrected chi connectivity index (χ1v) is 9.17.